The summed E-state index contributed by atoms with van der Waals surface area (Å²) in [5, 5.41) is 0.819. The first kappa shape index (κ1) is 10.6. The standard InChI is InChI=1S/C12H16Cl/c1-12(2,3)8-7-10-5-4-6-11(13)9-10/h4-6,8-9H,7H2,1-3H3. The van der Waals surface area contributed by atoms with Crippen molar-refractivity contribution in [2.24, 2.45) is 5.41 Å². The molecule has 1 aromatic rings. The van der Waals surface area contributed by atoms with Gasteiger partial charge in [-0.3, -0.25) is 0 Å². The third kappa shape index (κ3) is 4.33. The molecule has 0 aromatic heterocycles. The molecule has 0 spiro atoms. The van der Waals surface area contributed by atoms with Gasteiger partial charge in [-0.25, -0.2) is 0 Å². The molecule has 0 heterocycles. The van der Waals surface area contributed by atoms with E-state index in [9.17, 15) is 0 Å². The molecular weight excluding hydrogens is 180 g/mol. The Morgan fingerprint density at radius 1 is 1.31 bits per heavy atom. The van der Waals surface area contributed by atoms with E-state index in [0.29, 0.717) is 0 Å². The second-order valence-electron chi connectivity index (χ2n) is 4.40. The van der Waals surface area contributed by atoms with Gasteiger partial charge in [-0.2, -0.15) is 0 Å². The third-order valence-electron chi connectivity index (χ3n) is 1.84. The smallest absolute Gasteiger partial charge is 0.0408 e. The molecule has 1 radical (unpaired) electrons. The first-order valence-electron chi connectivity index (χ1n) is 4.56. The molecule has 0 saturated heterocycles. The molecule has 0 amide bonds. The summed E-state index contributed by atoms with van der Waals surface area (Å²) in [5.74, 6) is 0. The van der Waals surface area contributed by atoms with Gasteiger partial charge >= 0.3 is 0 Å². The van der Waals surface area contributed by atoms with Gasteiger partial charge in [0.2, 0.25) is 0 Å². The zero-order valence-electron chi connectivity index (χ0n) is 8.47. The molecule has 0 aliphatic rings. The van der Waals surface area contributed by atoms with Crippen LogP contribution in [0.25, 0.3) is 0 Å². The van der Waals surface area contributed by atoms with Crippen molar-refractivity contribution in [1.82, 2.24) is 0 Å². The molecule has 1 heteroatoms. The van der Waals surface area contributed by atoms with Crippen molar-refractivity contribution in [3.05, 3.63) is 41.3 Å². The first-order chi connectivity index (χ1) is 5.97. The Labute approximate surface area is 85.9 Å². The van der Waals surface area contributed by atoms with E-state index in [1.807, 2.05) is 18.2 Å². The van der Waals surface area contributed by atoms with E-state index < -0.39 is 0 Å². The van der Waals surface area contributed by atoms with Gasteiger partial charge < -0.3 is 0 Å². The van der Waals surface area contributed by atoms with E-state index in [-0.39, 0.29) is 5.41 Å². The largest absolute Gasteiger partial charge is 0.0843 e. The molecule has 0 N–H and O–H groups in total. The Morgan fingerprint density at radius 2 is 2.00 bits per heavy atom. The molecule has 0 fully saturated rings. The minimum Gasteiger partial charge on any atom is -0.0843 e. The summed E-state index contributed by atoms with van der Waals surface area (Å²) < 4.78 is 0. The number of halogens is 1. The quantitative estimate of drug-likeness (QED) is 0.666. The Balaban J connectivity index is 2.55. The summed E-state index contributed by atoms with van der Waals surface area (Å²) >= 11 is 5.88. The van der Waals surface area contributed by atoms with Gasteiger partial charge in [0.1, 0.15) is 0 Å². The second kappa shape index (κ2) is 4.15. The number of hydrogen-bond donors (Lipinski definition) is 0. The van der Waals surface area contributed by atoms with Crippen molar-refractivity contribution in [3.8, 4) is 0 Å². The van der Waals surface area contributed by atoms with Crippen molar-refractivity contribution in [1.29, 1.82) is 0 Å². The van der Waals surface area contributed by atoms with Gasteiger partial charge in [0.05, 0.1) is 0 Å². The highest BCUT2D eigenvalue weighted by atomic mass is 35.5. The summed E-state index contributed by atoms with van der Waals surface area (Å²) in [6.07, 6.45) is 3.29. The van der Waals surface area contributed by atoms with E-state index in [1.54, 1.807) is 0 Å². The molecule has 13 heavy (non-hydrogen) atoms. The van der Waals surface area contributed by atoms with Crippen LogP contribution in [0.2, 0.25) is 5.02 Å². The SMILES string of the molecule is CC(C)(C)[CH]Cc1cccc(Cl)c1. The van der Waals surface area contributed by atoms with E-state index >= 15 is 0 Å². The highest BCUT2D eigenvalue weighted by Crippen LogP contribution is 2.21. The maximum absolute atomic E-state index is 5.88. The van der Waals surface area contributed by atoms with Gasteiger partial charge in [-0.05, 0) is 36.0 Å². The van der Waals surface area contributed by atoms with Crippen LogP contribution in [0.15, 0.2) is 24.3 Å². The Bertz CT molecular complexity index is 271. The van der Waals surface area contributed by atoms with Crippen molar-refractivity contribution in [3.63, 3.8) is 0 Å². The van der Waals surface area contributed by atoms with Crippen molar-refractivity contribution < 1.29 is 0 Å². The molecule has 0 saturated carbocycles. The summed E-state index contributed by atoms with van der Waals surface area (Å²) in [6.45, 7) is 6.62. The maximum Gasteiger partial charge on any atom is 0.0408 e. The molecule has 0 aliphatic carbocycles. The molecule has 1 aromatic carbocycles. The minimum absolute atomic E-state index is 0.280. The highest BCUT2D eigenvalue weighted by molar-refractivity contribution is 6.30. The lowest BCUT2D eigenvalue weighted by molar-refractivity contribution is 0.483. The highest BCUT2D eigenvalue weighted by Gasteiger charge is 2.10. The van der Waals surface area contributed by atoms with Crippen LogP contribution < -0.4 is 0 Å². The minimum atomic E-state index is 0.280. The Morgan fingerprint density at radius 3 is 2.54 bits per heavy atom. The number of hydrogen-bond acceptors (Lipinski definition) is 0. The van der Waals surface area contributed by atoms with Gasteiger partial charge in [-0.1, -0.05) is 44.5 Å². The molecule has 1 rings (SSSR count). The van der Waals surface area contributed by atoms with Crippen LogP contribution in [0.5, 0.6) is 0 Å². The van der Waals surface area contributed by atoms with Crippen LogP contribution in [0.3, 0.4) is 0 Å². The second-order valence-corrected chi connectivity index (χ2v) is 4.84. The molecule has 0 bridgehead atoms. The summed E-state index contributed by atoms with van der Waals surface area (Å²) in [5.41, 5.74) is 1.56. The van der Waals surface area contributed by atoms with Crippen LogP contribution in [0.1, 0.15) is 26.3 Å². The van der Waals surface area contributed by atoms with Crippen LogP contribution in [0, 0.1) is 11.8 Å². The number of rotatable bonds is 2. The molecule has 0 unspecified atom stereocenters. The van der Waals surface area contributed by atoms with Crippen LogP contribution >= 0.6 is 11.6 Å². The number of benzene rings is 1. The first-order valence-corrected chi connectivity index (χ1v) is 4.94. The lowest BCUT2D eigenvalue weighted by atomic mass is 9.89. The van der Waals surface area contributed by atoms with Crippen LogP contribution in [0.4, 0.5) is 0 Å². The Kier molecular flexibility index (Phi) is 3.38. The van der Waals surface area contributed by atoms with Gasteiger partial charge in [-0.15, -0.1) is 0 Å². The molecule has 0 nitrogen and oxygen atoms in total. The predicted molar refractivity (Wildman–Crippen MR) is 58.9 cm³/mol. The Hall–Kier alpha value is -0.490. The van der Waals surface area contributed by atoms with E-state index in [4.69, 9.17) is 11.6 Å². The van der Waals surface area contributed by atoms with Crippen molar-refractivity contribution >= 4 is 11.6 Å². The lowest BCUT2D eigenvalue weighted by Crippen LogP contribution is -2.07. The molecule has 71 valence electrons. The molecular formula is C12H16Cl. The third-order valence-corrected chi connectivity index (χ3v) is 2.07. The fourth-order valence-electron chi connectivity index (χ4n) is 1.09. The maximum atomic E-state index is 5.88. The monoisotopic (exact) mass is 195 g/mol. The average molecular weight is 196 g/mol. The van der Waals surface area contributed by atoms with Crippen molar-refractivity contribution in [2.45, 2.75) is 27.2 Å². The van der Waals surface area contributed by atoms with Gasteiger partial charge in [0, 0.05) is 5.02 Å². The van der Waals surface area contributed by atoms with Crippen molar-refractivity contribution in [2.75, 3.05) is 0 Å². The summed E-state index contributed by atoms with van der Waals surface area (Å²) in [6, 6.07) is 8.02. The van der Waals surface area contributed by atoms with E-state index in [2.05, 4.69) is 33.3 Å². The summed E-state index contributed by atoms with van der Waals surface area (Å²) in [7, 11) is 0. The van der Waals surface area contributed by atoms with Crippen LogP contribution in [-0.2, 0) is 6.42 Å². The predicted octanol–water partition coefficient (Wildman–Crippen LogP) is 4.13. The zero-order chi connectivity index (χ0) is 9.90. The van der Waals surface area contributed by atoms with Gasteiger partial charge in [0.15, 0.2) is 0 Å². The fourth-order valence-corrected chi connectivity index (χ4v) is 1.30. The average Bonchev–Trinajstić information content (AvgIpc) is 2.00. The fraction of sp³-hybridized carbons (Fsp3) is 0.417. The lowest BCUT2D eigenvalue weighted by Gasteiger charge is -2.17. The molecule has 0 atom stereocenters. The van der Waals surface area contributed by atoms with Crippen LogP contribution in [-0.4, -0.2) is 0 Å². The zero-order valence-corrected chi connectivity index (χ0v) is 9.23. The topological polar surface area (TPSA) is 0 Å². The summed E-state index contributed by atoms with van der Waals surface area (Å²) in [4.78, 5) is 0. The van der Waals surface area contributed by atoms with Gasteiger partial charge in [0.25, 0.3) is 0 Å². The normalized spacial score (nSPS) is 11.7. The molecule has 0 aliphatic heterocycles. The van der Waals surface area contributed by atoms with E-state index in [0.717, 1.165) is 11.4 Å². The van der Waals surface area contributed by atoms with E-state index in [1.165, 1.54) is 5.56 Å².